The smallest absolute Gasteiger partial charge is 0.160 e. The van der Waals surface area contributed by atoms with E-state index in [1.807, 2.05) is 6.08 Å². The molecule has 0 unspecified atom stereocenters. The van der Waals surface area contributed by atoms with E-state index in [-0.39, 0.29) is 0 Å². The van der Waals surface area contributed by atoms with Gasteiger partial charge in [0.25, 0.3) is 0 Å². The van der Waals surface area contributed by atoms with E-state index < -0.39 is 0 Å². The zero-order valence-electron chi connectivity index (χ0n) is 7.47. The Morgan fingerprint density at radius 1 is 1.29 bits per heavy atom. The minimum absolute atomic E-state index is 0.646. The third-order valence-corrected chi connectivity index (χ3v) is 2.23. The molecule has 0 amide bonds. The summed E-state index contributed by atoms with van der Waals surface area (Å²) in [6.45, 7) is 0. The van der Waals surface area contributed by atoms with Crippen molar-refractivity contribution in [3.63, 3.8) is 0 Å². The van der Waals surface area contributed by atoms with Gasteiger partial charge in [0.05, 0.1) is 0 Å². The van der Waals surface area contributed by atoms with Crippen LogP contribution in [-0.4, -0.2) is 14.8 Å². The van der Waals surface area contributed by atoms with Gasteiger partial charge in [0.15, 0.2) is 5.82 Å². The highest BCUT2D eigenvalue weighted by molar-refractivity contribution is 7.80. The second-order valence-electron chi connectivity index (χ2n) is 2.96. The first-order chi connectivity index (χ1) is 6.77. The predicted octanol–water partition coefficient (Wildman–Crippen LogP) is 1.48. The van der Waals surface area contributed by atoms with Gasteiger partial charge in [-0.05, 0) is 12.1 Å². The first kappa shape index (κ1) is 9.02. The number of aromatic nitrogens is 2. The molecule has 1 aliphatic carbocycles. The van der Waals surface area contributed by atoms with E-state index in [0.29, 0.717) is 11.5 Å². The van der Waals surface area contributed by atoms with E-state index >= 15 is 0 Å². The topological polar surface area (TPSA) is 51.8 Å². The van der Waals surface area contributed by atoms with Crippen LogP contribution in [0.1, 0.15) is 12.2 Å². The van der Waals surface area contributed by atoms with Crippen molar-refractivity contribution < 1.29 is 0 Å². The third-order valence-electron chi connectivity index (χ3n) is 1.94. The van der Waals surface area contributed by atoms with Gasteiger partial charge in [-0.15, -0.1) is 0 Å². The van der Waals surface area contributed by atoms with Crippen LogP contribution in [0.15, 0.2) is 36.3 Å². The van der Waals surface area contributed by atoms with Crippen molar-refractivity contribution in [3.8, 4) is 0 Å². The van der Waals surface area contributed by atoms with Crippen LogP contribution in [-0.2, 0) is 0 Å². The first-order valence-electron chi connectivity index (χ1n) is 4.25. The monoisotopic (exact) mass is 203 g/mol. The molecule has 0 radical (unpaired) electrons. The highest BCUT2D eigenvalue weighted by Gasteiger charge is 2.11. The molecule has 0 saturated heterocycles. The largest absolute Gasteiger partial charge is 0.398 e. The highest BCUT2D eigenvalue weighted by Crippen LogP contribution is 2.20. The maximum atomic E-state index is 5.83. The summed E-state index contributed by atoms with van der Waals surface area (Å²) in [5.74, 6) is 0.656. The summed E-state index contributed by atoms with van der Waals surface area (Å²) in [5.41, 5.74) is 7.35. The van der Waals surface area contributed by atoms with Crippen LogP contribution in [0.2, 0.25) is 0 Å². The van der Waals surface area contributed by atoms with Gasteiger partial charge in [0, 0.05) is 34.9 Å². The minimum Gasteiger partial charge on any atom is -0.398 e. The molecule has 0 aliphatic heterocycles. The zero-order valence-corrected chi connectivity index (χ0v) is 8.29. The van der Waals surface area contributed by atoms with Crippen LogP contribution in [0.3, 0.4) is 0 Å². The standard InChI is InChI=1S/C10H9N3S/c11-9-6-7(14)2-3-8(9)10-12-4-1-5-13-10/h1,3-6H,2,11H2. The Hall–Kier alpha value is -1.55. The quantitative estimate of drug-likeness (QED) is 0.702. The molecular weight excluding hydrogens is 194 g/mol. The van der Waals surface area contributed by atoms with E-state index in [1.165, 1.54) is 0 Å². The molecule has 2 N–H and O–H groups in total. The first-order valence-corrected chi connectivity index (χ1v) is 4.66. The molecule has 0 bridgehead atoms. The lowest BCUT2D eigenvalue weighted by Gasteiger charge is -2.10. The Bertz CT molecular complexity index is 420. The minimum atomic E-state index is 0.646. The molecule has 3 nitrogen and oxygen atoms in total. The van der Waals surface area contributed by atoms with Crippen molar-refractivity contribution in [2.75, 3.05) is 0 Å². The molecule has 4 heteroatoms. The van der Waals surface area contributed by atoms with E-state index in [9.17, 15) is 0 Å². The number of thiocarbonyl (C=S) groups is 1. The van der Waals surface area contributed by atoms with Crippen molar-refractivity contribution in [3.05, 3.63) is 42.1 Å². The molecule has 14 heavy (non-hydrogen) atoms. The summed E-state index contributed by atoms with van der Waals surface area (Å²) >= 11 is 5.04. The van der Waals surface area contributed by atoms with Gasteiger partial charge in [-0.2, -0.15) is 0 Å². The van der Waals surface area contributed by atoms with Crippen LogP contribution in [0.4, 0.5) is 0 Å². The average Bonchev–Trinajstić information content (AvgIpc) is 2.19. The maximum absolute atomic E-state index is 5.83. The van der Waals surface area contributed by atoms with Crippen LogP contribution in [0, 0.1) is 0 Å². The highest BCUT2D eigenvalue weighted by atomic mass is 32.1. The molecule has 70 valence electrons. The molecule has 1 heterocycles. The van der Waals surface area contributed by atoms with Gasteiger partial charge in [-0.25, -0.2) is 9.97 Å². The lowest BCUT2D eigenvalue weighted by Crippen LogP contribution is -2.10. The molecule has 0 aromatic carbocycles. The molecule has 0 fully saturated rings. The average molecular weight is 203 g/mol. The predicted molar refractivity (Wildman–Crippen MR) is 59.5 cm³/mol. The van der Waals surface area contributed by atoms with E-state index in [2.05, 4.69) is 9.97 Å². The number of rotatable bonds is 1. The van der Waals surface area contributed by atoms with Crippen molar-refractivity contribution in [2.45, 2.75) is 6.42 Å². The van der Waals surface area contributed by atoms with Crippen LogP contribution in [0.25, 0.3) is 5.57 Å². The van der Waals surface area contributed by atoms with Crippen molar-refractivity contribution in [2.24, 2.45) is 5.73 Å². The lowest BCUT2D eigenvalue weighted by molar-refractivity contribution is 1.10. The van der Waals surface area contributed by atoms with Gasteiger partial charge in [-0.1, -0.05) is 18.3 Å². The summed E-state index contributed by atoms with van der Waals surface area (Å²) < 4.78 is 0. The van der Waals surface area contributed by atoms with Gasteiger partial charge in [-0.3, -0.25) is 0 Å². The van der Waals surface area contributed by atoms with Crippen molar-refractivity contribution in [1.82, 2.24) is 9.97 Å². The molecule has 1 aromatic rings. The van der Waals surface area contributed by atoms with Crippen LogP contribution >= 0.6 is 12.2 Å². The number of hydrogen-bond donors (Lipinski definition) is 1. The molecular formula is C10H9N3S. The fraction of sp³-hybridized carbons (Fsp3) is 0.100. The molecule has 2 rings (SSSR count). The Labute approximate surface area is 87.4 Å². The fourth-order valence-electron chi connectivity index (χ4n) is 1.29. The molecule has 0 atom stereocenters. The van der Waals surface area contributed by atoms with Gasteiger partial charge >= 0.3 is 0 Å². The van der Waals surface area contributed by atoms with Gasteiger partial charge < -0.3 is 5.73 Å². The summed E-state index contributed by atoms with van der Waals surface area (Å²) in [7, 11) is 0. The van der Waals surface area contributed by atoms with E-state index in [0.717, 1.165) is 16.9 Å². The van der Waals surface area contributed by atoms with Crippen molar-refractivity contribution >= 4 is 22.7 Å². The van der Waals surface area contributed by atoms with Gasteiger partial charge in [0.1, 0.15) is 0 Å². The maximum Gasteiger partial charge on any atom is 0.160 e. The number of allylic oxidation sites excluding steroid dienone is 3. The number of nitrogens with zero attached hydrogens (tertiary/aromatic N) is 2. The van der Waals surface area contributed by atoms with E-state index in [1.54, 1.807) is 24.5 Å². The zero-order chi connectivity index (χ0) is 9.97. The summed E-state index contributed by atoms with van der Waals surface area (Å²) in [6.07, 6.45) is 7.89. The molecule has 1 aliphatic rings. The summed E-state index contributed by atoms with van der Waals surface area (Å²) in [6, 6.07) is 1.78. The molecule has 0 saturated carbocycles. The van der Waals surface area contributed by atoms with Gasteiger partial charge in [0.2, 0.25) is 0 Å². The normalized spacial score (nSPS) is 16.1. The second kappa shape index (κ2) is 3.67. The lowest BCUT2D eigenvalue weighted by atomic mass is 10.0. The Morgan fingerprint density at radius 3 is 2.64 bits per heavy atom. The fourth-order valence-corrected chi connectivity index (χ4v) is 1.50. The number of hydrogen-bond acceptors (Lipinski definition) is 4. The molecule has 0 spiro atoms. The van der Waals surface area contributed by atoms with Crippen LogP contribution in [0.5, 0.6) is 0 Å². The Balaban J connectivity index is 2.38. The summed E-state index contributed by atoms with van der Waals surface area (Å²) in [4.78, 5) is 9.12. The number of nitrogens with two attached hydrogens (primary N) is 1. The SMILES string of the molecule is NC1=CC(=S)CC=C1c1ncccn1. The van der Waals surface area contributed by atoms with Crippen molar-refractivity contribution in [1.29, 1.82) is 0 Å². The third kappa shape index (κ3) is 1.70. The van der Waals surface area contributed by atoms with E-state index in [4.69, 9.17) is 18.0 Å². The van der Waals surface area contributed by atoms with Crippen LogP contribution < -0.4 is 5.73 Å². The Kier molecular flexibility index (Phi) is 2.37. The Morgan fingerprint density at radius 2 is 2.00 bits per heavy atom. The second-order valence-corrected chi connectivity index (χ2v) is 3.48. The molecule has 1 aromatic heterocycles. The summed E-state index contributed by atoms with van der Waals surface area (Å²) in [5, 5.41) is 0.